The standard InChI is InChI=1S/C33H32FN3O3/c1-40-28-19-15-26(16-20-28)31-12-7-21-36(23-32(38)37(31)22-24-13-17-27(34)18-14-24)33(39)35-30-11-6-5-10-29(30)25-8-3-2-4-9-25/h2-6,8-11,13-20,31H,7,12,21-23H2,1H3,(H,35,39). The minimum Gasteiger partial charge on any atom is -0.497 e. The topological polar surface area (TPSA) is 61.9 Å². The summed E-state index contributed by atoms with van der Waals surface area (Å²) in [7, 11) is 1.62. The van der Waals surface area contributed by atoms with Gasteiger partial charge in [0.25, 0.3) is 0 Å². The molecule has 40 heavy (non-hydrogen) atoms. The molecule has 1 aliphatic rings. The molecule has 0 spiro atoms. The summed E-state index contributed by atoms with van der Waals surface area (Å²) in [4.78, 5) is 30.7. The van der Waals surface area contributed by atoms with Crippen molar-refractivity contribution in [2.75, 3.05) is 25.5 Å². The molecule has 4 aromatic rings. The molecule has 1 aliphatic heterocycles. The Morgan fingerprint density at radius 2 is 1.62 bits per heavy atom. The molecule has 1 heterocycles. The number of urea groups is 1. The van der Waals surface area contributed by atoms with Gasteiger partial charge in [0.1, 0.15) is 18.1 Å². The highest BCUT2D eigenvalue weighted by Crippen LogP contribution is 2.32. The summed E-state index contributed by atoms with van der Waals surface area (Å²) in [6.45, 7) is 0.692. The van der Waals surface area contributed by atoms with Crippen molar-refractivity contribution in [3.8, 4) is 16.9 Å². The average molecular weight is 538 g/mol. The van der Waals surface area contributed by atoms with Crippen LogP contribution in [0.1, 0.15) is 30.0 Å². The Balaban J connectivity index is 1.38. The Hall–Kier alpha value is -4.65. The summed E-state index contributed by atoms with van der Waals surface area (Å²) in [5.41, 5.74) is 4.40. The van der Waals surface area contributed by atoms with E-state index in [1.165, 1.54) is 12.1 Å². The van der Waals surface area contributed by atoms with Gasteiger partial charge in [-0.15, -0.1) is 0 Å². The van der Waals surface area contributed by atoms with E-state index in [2.05, 4.69) is 5.32 Å². The minimum absolute atomic E-state index is 0.0623. The molecule has 0 aliphatic carbocycles. The maximum absolute atomic E-state index is 13.8. The van der Waals surface area contributed by atoms with Crippen LogP contribution in [0.2, 0.25) is 0 Å². The second-order valence-electron chi connectivity index (χ2n) is 9.84. The highest BCUT2D eigenvalue weighted by molar-refractivity contribution is 5.96. The van der Waals surface area contributed by atoms with Crippen LogP contribution in [0.5, 0.6) is 5.75 Å². The Morgan fingerprint density at radius 3 is 2.35 bits per heavy atom. The third kappa shape index (κ3) is 6.31. The first-order chi connectivity index (χ1) is 19.5. The molecule has 0 aromatic heterocycles. The van der Waals surface area contributed by atoms with E-state index >= 15 is 0 Å². The molecule has 1 fully saturated rings. The average Bonchev–Trinajstić information content (AvgIpc) is 2.98. The van der Waals surface area contributed by atoms with Gasteiger partial charge < -0.3 is 19.9 Å². The molecule has 0 saturated carbocycles. The highest BCUT2D eigenvalue weighted by Gasteiger charge is 2.31. The van der Waals surface area contributed by atoms with Gasteiger partial charge in [-0.1, -0.05) is 72.8 Å². The van der Waals surface area contributed by atoms with E-state index in [0.717, 1.165) is 28.0 Å². The summed E-state index contributed by atoms with van der Waals surface area (Å²) in [6.07, 6.45) is 1.38. The lowest BCUT2D eigenvalue weighted by molar-refractivity contribution is -0.136. The van der Waals surface area contributed by atoms with Gasteiger partial charge in [-0.3, -0.25) is 4.79 Å². The van der Waals surface area contributed by atoms with Crippen molar-refractivity contribution in [1.29, 1.82) is 0 Å². The summed E-state index contributed by atoms with van der Waals surface area (Å²) in [5.74, 6) is 0.244. The monoisotopic (exact) mass is 537 g/mol. The summed E-state index contributed by atoms with van der Waals surface area (Å²) in [6, 6.07) is 30.9. The Kier molecular flexibility index (Phi) is 8.40. The van der Waals surface area contributed by atoms with Crippen LogP contribution in [0.25, 0.3) is 11.1 Å². The maximum Gasteiger partial charge on any atom is 0.322 e. The first-order valence-corrected chi connectivity index (χ1v) is 13.4. The van der Waals surface area contributed by atoms with Crippen molar-refractivity contribution in [3.63, 3.8) is 0 Å². The fourth-order valence-electron chi connectivity index (χ4n) is 5.13. The number of anilines is 1. The first-order valence-electron chi connectivity index (χ1n) is 13.4. The SMILES string of the molecule is COc1ccc(C2CCCN(C(=O)Nc3ccccc3-c3ccccc3)CC(=O)N2Cc2ccc(F)cc2)cc1. The molecule has 0 radical (unpaired) electrons. The number of benzene rings is 4. The van der Waals surface area contributed by atoms with Gasteiger partial charge in [0, 0.05) is 18.7 Å². The van der Waals surface area contributed by atoms with Crippen LogP contribution in [0, 0.1) is 5.82 Å². The molecule has 7 heteroatoms. The van der Waals surface area contributed by atoms with E-state index in [1.54, 1.807) is 29.0 Å². The molecule has 3 amide bonds. The fraction of sp³-hybridized carbons (Fsp3) is 0.212. The van der Waals surface area contributed by atoms with Crippen molar-refractivity contribution in [3.05, 3.63) is 120 Å². The van der Waals surface area contributed by atoms with Crippen LogP contribution in [0.3, 0.4) is 0 Å². The molecule has 1 unspecified atom stereocenters. The van der Waals surface area contributed by atoms with E-state index in [1.807, 2.05) is 78.9 Å². The van der Waals surface area contributed by atoms with Crippen molar-refractivity contribution in [1.82, 2.24) is 9.80 Å². The number of amides is 3. The second kappa shape index (κ2) is 12.5. The van der Waals surface area contributed by atoms with Crippen molar-refractivity contribution in [2.45, 2.75) is 25.4 Å². The molecule has 1 saturated heterocycles. The Bertz CT molecular complexity index is 1440. The predicted octanol–water partition coefficient (Wildman–Crippen LogP) is 6.90. The fourth-order valence-corrected chi connectivity index (χ4v) is 5.13. The number of hydrogen-bond acceptors (Lipinski definition) is 3. The van der Waals surface area contributed by atoms with E-state index in [-0.39, 0.29) is 30.3 Å². The van der Waals surface area contributed by atoms with E-state index in [0.29, 0.717) is 31.6 Å². The molecule has 204 valence electrons. The number of para-hydroxylation sites is 1. The summed E-state index contributed by atoms with van der Waals surface area (Å²) < 4.78 is 18.9. The van der Waals surface area contributed by atoms with Gasteiger partial charge in [0.05, 0.1) is 18.8 Å². The molecule has 1 atom stereocenters. The molecule has 6 nitrogen and oxygen atoms in total. The number of nitrogens with zero attached hydrogens (tertiary/aromatic N) is 2. The van der Waals surface area contributed by atoms with Crippen molar-refractivity contribution < 1.29 is 18.7 Å². The summed E-state index contributed by atoms with van der Waals surface area (Å²) in [5, 5.41) is 3.03. The normalized spacial score (nSPS) is 15.8. The quantitative estimate of drug-likeness (QED) is 0.291. The molecule has 5 rings (SSSR count). The number of halogens is 1. The third-order valence-electron chi connectivity index (χ3n) is 7.24. The zero-order chi connectivity index (χ0) is 27.9. The summed E-state index contributed by atoms with van der Waals surface area (Å²) >= 11 is 0. The van der Waals surface area contributed by atoms with Crippen LogP contribution in [0.15, 0.2) is 103 Å². The zero-order valence-electron chi connectivity index (χ0n) is 22.4. The van der Waals surface area contributed by atoms with Crippen molar-refractivity contribution >= 4 is 17.6 Å². The maximum atomic E-state index is 13.8. The minimum atomic E-state index is -0.326. The Morgan fingerprint density at radius 1 is 0.925 bits per heavy atom. The van der Waals surface area contributed by atoms with Gasteiger partial charge in [-0.25, -0.2) is 9.18 Å². The first kappa shape index (κ1) is 26.9. The molecular weight excluding hydrogens is 505 g/mol. The molecule has 1 N–H and O–H groups in total. The number of hydrogen-bond donors (Lipinski definition) is 1. The second-order valence-corrected chi connectivity index (χ2v) is 9.84. The zero-order valence-corrected chi connectivity index (χ0v) is 22.4. The van der Waals surface area contributed by atoms with E-state index in [4.69, 9.17) is 4.74 Å². The Labute approximate surface area is 234 Å². The van der Waals surface area contributed by atoms with Gasteiger partial charge in [-0.05, 0) is 59.9 Å². The highest BCUT2D eigenvalue weighted by atomic mass is 19.1. The molecule has 4 aromatic carbocycles. The number of methoxy groups -OCH3 is 1. The van der Waals surface area contributed by atoms with Crippen LogP contribution < -0.4 is 10.1 Å². The number of ether oxygens (including phenoxy) is 1. The van der Waals surface area contributed by atoms with Gasteiger partial charge in [-0.2, -0.15) is 0 Å². The lowest BCUT2D eigenvalue weighted by Gasteiger charge is -2.37. The van der Waals surface area contributed by atoms with Gasteiger partial charge >= 0.3 is 6.03 Å². The largest absolute Gasteiger partial charge is 0.497 e. The smallest absolute Gasteiger partial charge is 0.322 e. The van der Waals surface area contributed by atoms with Crippen molar-refractivity contribution in [2.24, 2.45) is 0 Å². The number of nitrogens with one attached hydrogen (secondary N) is 1. The molecular formula is C33H32FN3O3. The number of carbonyl (C=O) groups is 2. The van der Waals surface area contributed by atoms with Crippen LogP contribution in [-0.2, 0) is 11.3 Å². The number of rotatable bonds is 6. The lowest BCUT2D eigenvalue weighted by Crippen LogP contribution is -2.47. The van der Waals surface area contributed by atoms with Crippen LogP contribution >= 0.6 is 0 Å². The van der Waals surface area contributed by atoms with E-state index in [9.17, 15) is 14.0 Å². The molecule has 0 bridgehead atoms. The number of carbonyl (C=O) groups excluding carboxylic acids is 2. The van der Waals surface area contributed by atoms with E-state index < -0.39 is 0 Å². The van der Waals surface area contributed by atoms with Crippen LogP contribution in [-0.4, -0.2) is 41.9 Å². The third-order valence-corrected chi connectivity index (χ3v) is 7.24. The van der Waals surface area contributed by atoms with Gasteiger partial charge in [0.15, 0.2) is 0 Å². The van der Waals surface area contributed by atoms with Gasteiger partial charge in [0.2, 0.25) is 5.91 Å². The predicted molar refractivity (Wildman–Crippen MR) is 154 cm³/mol. The lowest BCUT2D eigenvalue weighted by atomic mass is 9.97. The van der Waals surface area contributed by atoms with Crippen LogP contribution in [0.4, 0.5) is 14.9 Å².